The van der Waals surface area contributed by atoms with Crippen LogP contribution < -0.4 is 25.4 Å². The van der Waals surface area contributed by atoms with E-state index in [2.05, 4.69) is 10.3 Å². The molecule has 1 amide bonds. The molecule has 1 fully saturated rings. The Bertz CT molecular complexity index is 1110. The van der Waals surface area contributed by atoms with Crippen LogP contribution in [0.5, 0.6) is 0 Å². The number of aromatic amines is 1. The number of halogens is 1. The van der Waals surface area contributed by atoms with Gasteiger partial charge in [0.25, 0.3) is 0 Å². The van der Waals surface area contributed by atoms with Crippen LogP contribution in [0.15, 0.2) is 42.9 Å². The highest BCUT2D eigenvalue weighted by Gasteiger charge is 2.40. The monoisotopic (exact) mass is 460 g/mol. The van der Waals surface area contributed by atoms with E-state index in [1.54, 1.807) is 24.4 Å². The Hall–Kier alpha value is -3.08. The molecule has 3 heterocycles. The lowest BCUT2D eigenvalue weighted by molar-refractivity contribution is -0.724. The lowest BCUT2D eigenvalue weighted by Crippen LogP contribution is -2.61. The maximum absolute atomic E-state index is 13.1. The van der Waals surface area contributed by atoms with Gasteiger partial charge in [0.15, 0.2) is 5.39 Å². The molecular weight excluding hydrogens is 436 g/mol. The van der Waals surface area contributed by atoms with Crippen molar-refractivity contribution in [3.05, 3.63) is 63.9 Å². The van der Waals surface area contributed by atoms with Crippen LogP contribution in [-0.4, -0.2) is 41.2 Å². The number of carbonyl (C=O) groups is 1. The van der Waals surface area contributed by atoms with E-state index in [0.717, 1.165) is 11.9 Å². The number of rotatable bonds is 6. The first-order chi connectivity index (χ1) is 15.3. The molecule has 4 rings (SSSR count). The van der Waals surface area contributed by atoms with Crippen molar-refractivity contribution in [3.63, 3.8) is 0 Å². The van der Waals surface area contributed by atoms with Gasteiger partial charge in [-0.3, -0.25) is 4.79 Å². The number of aromatic nitrogens is 3. The molecule has 32 heavy (non-hydrogen) atoms. The molecule has 0 saturated carbocycles. The number of amides is 1. The molecule has 11 heteroatoms. The number of fused-ring (bicyclic) bond motifs is 1. The van der Waals surface area contributed by atoms with Crippen molar-refractivity contribution in [1.29, 1.82) is 0 Å². The summed E-state index contributed by atoms with van der Waals surface area (Å²) in [7, 11) is 0. The molecule has 1 aliphatic rings. The highest BCUT2D eigenvalue weighted by molar-refractivity contribution is 6.30. The molecule has 1 saturated heterocycles. The highest BCUT2D eigenvalue weighted by atomic mass is 35.5. The molecule has 170 valence electrons. The topological polar surface area (TPSA) is 148 Å². The molecule has 0 unspecified atom stereocenters. The summed E-state index contributed by atoms with van der Waals surface area (Å²) in [5.74, 6) is 0.0490. The van der Waals surface area contributed by atoms with Crippen LogP contribution in [-0.2, 0) is 4.79 Å². The van der Waals surface area contributed by atoms with E-state index >= 15 is 0 Å². The maximum Gasteiger partial charge on any atom is 0.357 e. The summed E-state index contributed by atoms with van der Waals surface area (Å²) < 4.78 is 1.04. The van der Waals surface area contributed by atoms with E-state index in [0.29, 0.717) is 63.7 Å². The minimum Gasteiger partial charge on any atom is -0.678 e. The van der Waals surface area contributed by atoms with Crippen molar-refractivity contribution in [2.75, 3.05) is 24.6 Å². The van der Waals surface area contributed by atoms with Gasteiger partial charge in [-0.1, -0.05) is 23.7 Å². The Morgan fingerprint density at radius 1 is 1.25 bits per heavy atom. The fourth-order valence-electron chi connectivity index (χ4n) is 4.15. The summed E-state index contributed by atoms with van der Waals surface area (Å²) in [5, 5.41) is 37.9. The Labute approximate surface area is 189 Å². The number of nitrogens with one attached hydrogen (secondary N) is 2. The second kappa shape index (κ2) is 8.81. The summed E-state index contributed by atoms with van der Waals surface area (Å²) in [6, 6.07) is 8.36. The minimum atomic E-state index is -1.12. The van der Waals surface area contributed by atoms with E-state index in [9.17, 15) is 20.3 Å². The Balaban J connectivity index is 1.48. The van der Waals surface area contributed by atoms with Crippen molar-refractivity contribution >= 4 is 34.4 Å². The van der Waals surface area contributed by atoms with E-state index < -0.39 is 11.6 Å². The number of piperidine rings is 1. The van der Waals surface area contributed by atoms with E-state index in [1.165, 1.54) is 0 Å². The van der Waals surface area contributed by atoms with Crippen LogP contribution in [0.25, 0.3) is 11.0 Å². The number of aliphatic hydroxyl groups is 1. The third-order valence-corrected chi connectivity index (χ3v) is 6.26. The first-order valence-electron chi connectivity index (χ1n) is 10.4. The summed E-state index contributed by atoms with van der Waals surface area (Å²) >= 11 is 5.95. The largest absolute Gasteiger partial charge is 0.678 e. The Morgan fingerprint density at radius 2 is 1.94 bits per heavy atom. The number of hydrogen-bond acceptors (Lipinski definition) is 6. The second-order valence-corrected chi connectivity index (χ2v) is 8.50. The maximum atomic E-state index is 13.1. The molecule has 3 aromatic rings. The number of nitrogens with two attached hydrogens (primary N) is 1. The molecule has 0 aliphatic carbocycles. The van der Waals surface area contributed by atoms with Crippen molar-refractivity contribution in [3.8, 4) is 0 Å². The molecule has 5 N–H and O–H groups in total. The number of aliphatic hydroxyl groups excluding tert-OH is 1. The van der Waals surface area contributed by atoms with Crippen molar-refractivity contribution in [1.82, 2.24) is 10.3 Å². The van der Waals surface area contributed by atoms with Crippen LogP contribution >= 0.6 is 11.6 Å². The number of hydrogen-bond donors (Lipinski definition) is 4. The van der Waals surface area contributed by atoms with Gasteiger partial charge in [-0.05, 0) is 37.0 Å². The Kier molecular flexibility index (Phi) is 6.09. The fraction of sp³-hybridized carbons (Fsp3) is 0.381. The van der Waals surface area contributed by atoms with Crippen LogP contribution in [0.3, 0.4) is 0 Å². The van der Waals surface area contributed by atoms with E-state index in [4.69, 9.17) is 17.3 Å². The van der Waals surface area contributed by atoms with Gasteiger partial charge in [-0.15, -0.1) is 0 Å². The summed E-state index contributed by atoms with van der Waals surface area (Å²) in [6.45, 7) is 0.657. The predicted molar refractivity (Wildman–Crippen MR) is 119 cm³/mol. The van der Waals surface area contributed by atoms with Gasteiger partial charge < -0.3 is 31.5 Å². The summed E-state index contributed by atoms with van der Waals surface area (Å²) in [6.07, 6.45) is 3.52. The third kappa shape index (κ3) is 4.16. The number of nitrogens with zero attached hydrogens (tertiary/aromatic N) is 3. The Morgan fingerprint density at radius 3 is 2.59 bits per heavy atom. The standard InChI is InChI=1S/C21H25ClN6O4/c22-15-3-1-14(2-4-15)17(6-12-29)25-20(30)21(23)7-10-26(11-8-21)19-16-5-9-24-18(16)27(31)13-28(19)32/h1-5,9,13,17,24,29H,6-8,10-12,23H2,(H,25,30)/t17-/m0/s1. The lowest BCUT2D eigenvalue weighted by Gasteiger charge is -2.39. The van der Waals surface area contributed by atoms with Gasteiger partial charge in [-0.25, -0.2) is 4.98 Å². The second-order valence-electron chi connectivity index (χ2n) is 8.06. The number of benzene rings is 1. The summed E-state index contributed by atoms with van der Waals surface area (Å²) in [4.78, 5) is 17.8. The molecule has 1 aliphatic heterocycles. The average Bonchev–Trinajstić information content (AvgIpc) is 3.25. The van der Waals surface area contributed by atoms with Gasteiger partial charge in [-0.2, -0.15) is 9.46 Å². The smallest absolute Gasteiger partial charge is 0.357 e. The zero-order valence-corrected chi connectivity index (χ0v) is 18.1. The summed E-state index contributed by atoms with van der Waals surface area (Å²) in [5.41, 5.74) is 6.49. The average molecular weight is 461 g/mol. The zero-order valence-electron chi connectivity index (χ0n) is 17.3. The quantitative estimate of drug-likeness (QED) is 0.313. The molecule has 0 bridgehead atoms. The van der Waals surface area contributed by atoms with Crippen molar-refractivity contribution < 1.29 is 19.4 Å². The SMILES string of the molecule is NC1(C(=O)N[C@@H](CCO)c2ccc(Cl)cc2)CCN(c2c3cc[nH]c3[n+]([O-])c[n+]2[O-])CC1. The number of carbonyl (C=O) groups excluding carboxylic acids is 1. The fourth-order valence-corrected chi connectivity index (χ4v) is 4.28. The highest BCUT2D eigenvalue weighted by Crippen LogP contribution is 2.28. The van der Waals surface area contributed by atoms with Gasteiger partial charge >= 0.3 is 12.0 Å². The van der Waals surface area contributed by atoms with Crippen LogP contribution in [0.1, 0.15) is 30.9 Å². The van der Waals surface area contributed by atoms with Crippen molar-refractivity contribution in [2.45, 2.75) is 30.8 Å². The molecule has 0 radical (unpaired) electrons. The molecule has 2 aromatic heterocycles. The van der Waals surface area contributed by atoms with Gasteiger partial charge in [0.1, 0.15) is 6.20 Å². The third-order valence-electron chi connectivity index (χ3n) is 6.01. The van der Waals surface area contributed by atoms with Crippen LogP contribution in [0.2, 0.25) is 5.02 Å². The van der Waals surface area contributed by atoms with Crippen LogP contribution in [0.4, 0.5) is 5.82 Å². The van der Waals surface area contributed by atoms with E-state index in [1.807, 2.05) is 17.0 Å². The number of H-pyrrole nitrogens is 1. The lowest BCUT2D eigenvalue weighted by atomic mass is 9.87. The predicted octanol–water partition coefficient (Wildman–Crippen LogP) is 0.626. The molecule has 1 aromatic carbocycles. The number of anilines is 1. The molecule has 10 nitrogen and oxygen atoms in total. The zero-order chi connectivity index (χ0) is 22.9. The first-order valence-corrected chi connectivity index (χ1v) is 10.7. The van der Waals surface area contributed by atoms with Crippen molar-refractivity contribution in [2.24, 2.45) is 5.73 Å². The molecule has 1 atom stereocenters. The van der Waals surface area contributed by atoms with E-state index in [-0.39, 0.29) is 12.5 Å². The van der Waals surface area contributed by atoms with Gasteiger partial charge in [0.05, 0.1) is 11.6 Å². The first kappa shape index (κ1) is 22.1. The van der Waals surface area contributed by atoms with Gasteiger partial charge in [0.2, 0.25) is 11.7 Å². The normalized spacial score (nSPS) is 16.8. The molecular formula is C21H25ClN6O4. The minimum absolute atomic E-state index is 0.0944. The van der Waals surface area contributed by atoms with Gasteiger partial charge in [0, 0.05) is 30.8 Å². The van der Waals surface area contributed by atoms with Crippen LogP contribution in [0, 0.1) is 10.4 Å². The molecule has 0 spiro atoms.